The Morgan fingerprint density at radius 1 is 1.24 bits per heavy atom. The second-order valence-electron chi connectivity index (χ2n) is 8.50. The number of hydrogen-bond donors (Lipinski definition) is 2. The average Bonchev–Trinajstić information content (AvgIpc) is 3.00. The van der Waals surface area contributed by atoms with Gasteiger partial charge in [0.1, 0.15) is 5.76 Å². The van der Waals surface area contributed by atoms with Crippen molar-refractivity contribution in [3.05, 3.63) is 22.6 Å². The van der Waals surface area contributed by atoms with Gasteiger partial charge < -0.3 is 19.8 Å². The number of nitrogens with one attached hydrogen (secondary N) is 1. The van der Waals surface area contributed by atoms with Crippen molar-refractivity contribution in [2.75, 3.05) is 20.2 Å². The molecule has 0 spiro atoms. The van der Waals surface area contributed by atoms with Crippen molar-refractivity contribution in [3.8, 4) is 0 Å². The molecule has 3 rings (SSSR count). The predicted molar refractivity (Wildman–Crippen MR) is 105 cm³/mol. The van der Waals surface area contributed by atoms with Crippen molar-refractivity contribution in [3.63, 3.8) is 0 Å². The van der Waals surface area contributed by atoms with Crippen molar-refractivity contribution >= 4 is 23.6 Å². The van der Waals surface area contributed by atoms with E-state index in [4.69, 9.17) is 14.9 Å². The van der Waals surface area contributed by atoms with Gasteiger partial charge in [0.15, 0.2) is 5.76 Å². The lowest BCUT2D eigenvalue weighted by molar-refractivity contribution is -0.146. The Bertz CT molecular complexity index is 862. The molecule has 0 atom stereocenters. The number of esters is 1. The number of hydrogen-bond acceptors (Lipinski definition) is 6. The molecule has 1 aliphatic heterocycles. The number of primary amides is 1. The molecule has 3 amide bonds. The summed E-state index contributed by atoms with van der Waals surface area (Å²) in [7, 11) is 1.38. The van der Waals surface area contributed by atoms with E-state index in [9.17, 15) is 14.4 Å². The van der Waals surface area contributed by atoms with E-state index >= 15 is 0 Å². The van der Waals surface area contributed by atoms with E-state index in [0.717, 1.165) is 5.56 Å². The van der Waals surface area contributed by atoms with Gasteiger partial charge in [-0.3, -0.25) is 9.59 Å². The predicted octanol–water partition coefficient (Wildman–Crippen LogP) is 1.96. The highest BCUT2D eigenvalue weighted by molar-refractivity contribution is 6.07. The number of likely N-dealkylation sites (tertiary alicyclic amines) is 1. The average molecular weight is 404 g/mol. The summed E-state index contributed by atoms with van der Waals surface area (Å²) in [6, 6.07) is -0.742. The maximum absolute atomic E-state index is 13.1. The Hall–Kier alpha value is -2.84. The van der Waals surface area contributed by atoms with Crippen LogP contribution >= 0.6 is 0 Å². The van der Waals surface area contributed by atoms with Crippen LogP contribution in [-0.4, -0.2) is 48.7 Å². The molecular weight excluding hydrogens is 376 g/mol. The smallest absolute Gasteiger partial charge is 0.332 e. The lowest BCUT2D eigenvalue weighted by atomic mass is 9.75. The van der Waals surface area contributed by atoms with Crippen LogP contribution in [0, 0.1) is 18.3 Å². The van der Waals surface area contributed by atoms with Crippen LogP contribution in [0.25, 0.3) is 0 Å². The number of rotatable bonds is 3. The third-order valence-corrected chi connectivity index (χ3v) is 5.61. The van der Waals surface area contributed by atoms with Gasteiger partial charge in [0.05, 0.1) is 18.7 Å². The van der Waals surface area contributed by atoms with Gasteiger partial charge >= 0.3 is 12.0 Å². The first-order chi connectivity index (χ1) is 13.6. The van der Waals surface area contributed by atoms with E-state index in [-0.39, 0.29) is 29.0 Å². The summed E-state index contributed by atoms with van der Waals surface area (Å²) in [6.45, 7) is 6.92. The third kappa shape index (κ3) is 4.28. The van der Waals surface area contributed by atoms with E-state index in [1.165, 1.54) is 7.11 Å². The number of carbonyl (C=O) groups excluding carboxylic acids is 3. The number of nitrogens with zero attached hydrogens (tertiary/aromatic N) is 2. The number of fused-ring (bicyclic) bond motifs is 1. The first-order valence-corrected chi connectivity index (χ1v) is 9.74. The minimum atomic E-state index is -0.742. The van der Waals surface area contributed by atoms with Crippen molar-refractivity contribution in [2.24, 2.45) is 22.2 Å². The van der Waals surface area contributed by atoms with Crippen LogP contribution < -0.4 is 11.2 Å². The molecule has 0 unspecified atom stereocenters. The summed E-state index contributed by atoms with van der Waals surface area (Å²) in [4.78, 5) is 37.6. The van der Waals surface area contributed by atoms with E-state index in [1.54, 1.807) is 4.90 Å². The van der Waals surface area contributed by atoms with Crippen molar-refractivity contribution < 1.29 is 23.5 Å². The van der Waals surface area contributed by atoms with Crippen LogP contribution in [0.5, 0.6) is 0 Å². The summed E-state index contributed by atoms with van der Waals surface area (Å²) in [5.41, 5.74) is 9.44. The van der Waals surface area contributed by atoms with E-state index in [1.807, 2.05) is 6.92 Å². The van der Waals surface area contributed by atoms with Gasteiger partial charge in [0, 0.05) is 30.6 Å². The number of nitrogens with two attached hydrogens (primary N) is 1. The van der Waals surface area contributed by atoms with Crippen molar-refractivity contribution in [1.29, 1.82) is 0 Å². The largest absolute Gasteiger partial charge is 0.469 e. The Kier molecular flexibility index (Phi) is 5.68. The van der Waals surface area contributed by atoms with Gasteiger partial charge in [0.2, 0.25) is 0 Å². The maximum atomic E-state index is 13.1. The summed E-state index contributed by atoms with van der Waals surface area (Å²) >= 11 is 0. The highest BCUT2D eigenvalue weighted by Gasteiger charge is 2.38. The zero-order valence-electron chi connectivity index (χ0n) is 17.3. The quantitative estimate of drug-likeness (QED) is 0.588. The van der Waals surface area contributed by atoms with E-state index in [0.29, 0.717) is 55.8 Å². The van der Waals surface area contributed by atoms with Gasteiger partial charge in [-0.1, -0.05) is 13.8 Å². The van der Waals surface area contributed by atoms with Crippen LogP contribution in [0.15, 0.2) is 9.52 Å². The number of piperidine rings is 1. The number of urea groups is 1. The Morgan fingerprint density at radius 2 is 1.90 bits per heavy atom. The van der Waals surface area contributed by atoms with Gasteiger partial charge in [-0.05, 0) is 31.6 Å². The maximum Gasteiger partial charge on any atom is 0.332 e. The molecule has 158 valence electrons. The highest BCUT2D eigenvalue weighted by Crippen LogP contribution is 2.39. The molecule has 3 N–H and O–H groups in total. The molecule has 9 nitrogen and oxygen atoms in total. The van der Waals surface area contributed by atoms with Crippen LogP contribution in [-0.2, 0) is 16.0 Å². The first-order valence-electron chi connectivity index (χ1n) is 9.74. The van der Waals surface area contributed by atoms with Gasteiger partial charge in [0.25, 0.3) is 5.91 Å². The molecule has 2 aliphatic rings. The normalized spacial score (nSPS) is 20.3. The second kappa shape index (κ2) is 7.88. The molecule has 0 aromatic carbocycles. The van der Waals surface area contributed by atoms with Gasteiger partial charge in [-0.25, -0.2) is 10.2 Å². The molecule has 9 heteroatoms. The number of carbonyl (C=O) groups is 3. The number of hydrazone groups is 1. The monoisotopic (exact) mass is 404 g/mol. The standard InChI is InChI=1S/C20H28N4O5/c1-11-15-13(22-23-19(21)27)9-20(2,3)10-14(15)29-16(11)17(25)24-7-5-12(6-8-24)18(26)28-4/h12H,5-10H2,1-4H3,(H3,21,23,27)/b22-13-. The minimum Gasteiger partial charge on any atom is -0.469 e. The highest BCUT2D eigenvalue weighted by atomic mass is 16.5. The molecule has 1 aliphatic carbocycles. The van der Waals surface area contributed by atoms with Crippen molar-refractivity contribution in [1.82, 2.24) is 10.3 Å². The number of furan rings is 1. The van der Waals surface area contributed by atoms with Gasteiger partial charge in [-0.2, -0.15) is 5.10 Å². The minimum absolute atomic E-state index is 0.130. The molecule has 0 radical (unpaired) electrons. The molecule has 0 saturated carbocycles. The van der Waals surface area contributed by atoms with Gasteiger partial charge in [-0.15, -0.1) is 0 Å². The molecule has 1 aromatic heterocycles. The molecule has 29 heavy (non-hydrogen) atoms. The Morgan fingerprint density at radius 3 is 2.48 bits per heavy atom. The molecule has 0 bridgehead atoms. The fraction of sp³-hybridized carbons (Fsp3) is 0.600. The van der Waals surface area contributed by atoms with Crippen LogP contribution in [0.1, 0.15) is 60.6 Å². The van der Waals surface area contributed by atoms with Crippen LogP contribution in [0.2, 0.25) is 0 Å². The molecule has 1 saturated heterocycles. The first kappa shape index (κ1) is 20.9. The molecule has 2 heterocycles. The number of amides is 3. The lowest BCUT2D eigenvalue weighted by Gasteiger charge is -2.30. The summed E-state index contributed by atoms with van der Waals surface area (Å²) in [6.07, 6.45) is 2.43. The second-order valence-corrected chi connectivity index (χ2v) is 8.50. The summed E-state index contributed by atoms with van der Waals surface area (Å²) < 4.78 is 10.8. The Labute approximate surface area is 169 Å². The van der Waals surface area contributed by atoms with Crippen LogP contribution in [0.4, 0.5) is 4.79 Å². The molecular formula is C20H28N4O5. The lowest BCUT2D eigenvalue weighted by Crippen LogP contribution is -2.40. The number of ether oxygens (including phenoxy) is 1. The third-order valence-electron chi connectivity index (χ3n) is 5.61. The Balaban J connectivity index is 1.85. The van der Waals surface area contributed by atoms with E-state index < -0.39 is 6.03 Å². The zero-order valence-corrected chi connectivity index (χ0v) is 17.3. The fourth-order valence-electron chi connectivity index (χ4n) is 4.16. The summed E-state index contributed by atoms with van der Waals surface area (Å²) in [5, 5.41) is 4.16. The van der Waals surface area contributed by atoms with Crippen molar-refractivity contribution in [2.45, 2.75) is 46.5 Å². The molecule has 1 aromatic rings. The van der Waals surface area contributed by atoms with Crippen LogP contribution in [0.3, 0.4) is 0 Å². The summed E-state index contributed by atoms with van der Waals surface area (Å²) in [5.74, 6) is 0.383. The SMILES string of the molecule is COC(=O)C1CCN(C(=O)c2oc3c(c2C)/C(=N\NC(N)=O)CC(C)(C)C3)CC1. The topological polar surface area (TPSA) is 127 Å². The zero-order chi connectivity index (χ0) is 21.3. The number of methoxy groups -OCH3 is 1. The fourth-order valence-corrected chi connectivity index (χ4v) is 4.16. The van der Waals surface area contributed by atoms with E-state index in [2.05, 4.69) is 24.4 Å². The molecule has 1 fully saturated rings.